The van der Waals surface area contributed by atoms with Crippen molar-refractivity contribution in [3.05, 3.63) is 34.6 Å². The van der Waals surface area contributed by atoms with Crippen LogP contribution < -0.4 is 5.73 Å². The van der Waals surface area contributed by atoms with Gasteiger partial charge in [-0.1, -0.05) is 31.9 Å². The molecule has 0 saturated heterocycles. The summed E-state index contributed by atoms with van der Waals surface area (Å²) >= 11 is 5.85. The first-order chi connectivity index (χ1) is 7.36. The number of benzene rings is 1. The van der Waals surface area contributed by atoms with E-state index >= 15 is 0 Å². The summed E-state index contributed by atoms with van der Waals surface area (Å²) in [6.45, 7) is 6.13. The maximum absolute atomic E-state index is 13.6. The van der Waals surface area contributed by atoms with Gasteiger partial charge < -0.3 is 5.73 Å². The van der Waals surface area contributed by atoms with E-state index in [0.717, 1.165) is 6.42 Å². The molecule has 0 bridgehead atoms. The first kappa shape index (κ1) is 13.5. The third kappa shape index (κ3) is 3.19. The Labute approximate surface area is 102 Å². The molecule has 1 aromatic rings. The Hall–Kier alpha value is -0.600. The van der Waals surface area contributed by atoms with Crippen LogP contribution in [0.25, 0.3) is 0 Å². The van der Waals surface area contributed by atoms with Crippen LogP contribution in [0.1, 0.15) is 32.8 Å². The first-order valence-electron chi connectivity index (χ1n) is 5.59. The Bertz CT molecular complexity index is 363. The minimum atomic E-state index is -0.403. The number of hydrogen-bond donors (Lipinski definition) is 1. The Morgan fingerprint density at radius 3 is 2.69 bits per heavy atom. The molecule has 2 atom stereocenters. The lowest BCUT2D eigenvalue weighted by atomic mass is 9.81. The lowest BCUT2D eigenvalue weighted by Gasteiger charge is -2.31. The Morgan fingerprint density at radius 1 is 1.50 bits per heavy atom. The maximum atomic E-state index is 13.6. The van der Waals surface area contributed by atoms with Crippen LogP contribution in [-0.4, -0.2) is 5.54 Å². The predicted octanol–water partition coefficient (Wildman–Crippen LogP) is 3.79. The average Bonchev–Trinajstić information content (AvgIpc) is 2.22. The van der Waals surface area contributed by atoms with Crippen LogP contribution in [0.15, 0.2) is 18.2 Å². The van der Waals surface area contributed by atoms with E-state index < -0.39 is 5.54 Å². The number of nitrogens with two attached hydrogens (primary N) is 1. The van der Waals surface area contributed by atoms with Crippen molar-refractivity contribution in [2.75, 3.05) is 0 Å². The van der Waals surface area contributed by atoms with Crippen LogP contribution in [0.3, 0.4) is 0 Å². The summed E-state index contributed by atoms with van der Waals surface area (Å²) in [4.78, 5) is 0. The second-order valence-corrected chi connectivity index (χ2v) is 5.16. The third-order valence-electron chi connectivity index (χ3n) is 3.32. The van der Waals surface area contributed by atoms with E-state index in [1.54, 1.807) is 12.1 Å². The molecular weight excluding hydrogens is 225 g/mol. The van der Waals surface area contributed by atoms with Gasteiger partial charge in [0.1, 0.15) is 5.82 Å². The van der Waals surface area contributed by atoms with Gasteiger partial charge in [-0.15, -0.1) is 0 Å². The van der Waals surface area contributed by atoms with Crippen molar-refractivity contribution in [1.82, 2.24) is 0 Å². The van der Waals surface area contributed by atoms with Gasteiger partial charge in [0, 0.05) is 10.6 Å². The van der Waals surface area contributed by atoms with Crippen LogP contribution in [0.2, 0.25) is 5.02 Å². The molecule has 2 unspecified atom stereocenters. The van der Waals surface area contributed by atoms with Gasteiger partial charge >= 0.3 is 0 Å². The number of halogens is 2. The SMILES string of the molecule is CCC(C)C(C)(N)Cc1cc(Cl)ccc1F. The lowest BCUT2D eigenvalue weighted by Crippen LogP contribution is -2.45. The van der Waals surface area contributed by atoms with Crippen molar-refractivity contribution in [1.29, 1.82) is 0 Å². The first-order valence-corrected chi connectivity index (χ1v) is 5.97. The highest BCUT2D eigenvalue weighted by atomic mass is 35.5. The van der Waals surface area contributed by atoms with E-state index in [9.17, 15) is 4.39 Å². The van der Waals surface area contributed by atoms with Gasteiger partial charge in [0.2, 0.25) is 0 Å². The molecule has 0 saturated carbocycles. The molecule has 0 heterocycles. The summed E-state index contributed by atoms with van der Waals surface area (Å²) in [5, 5.41) is 0.552. The van der Waals surface area contributed by atoms with Crippen molar-refractivity contribution in [2.24, 2.45) is 11.7 Å². The Balaban J connectivity index is 2.91. The molecule has 2 N–H and O–H groups in total. The van der Waals surface area contributed by atoms with Crippen molar-refractivity contribution in [3.63, 3.8) is 0 Å². The summed E-state index contributed by atoms with van der Waals surface area (Å²) in [6.07, 6.45) is 1.49. The van der Waals surface area contributed by atoms with E-state index in [2.05, 4.69) is 13.8 Å². The van der Waals surface area contributed by atoms with Crippen LogP contribution in [-0.2, 0) is 6.42 Å². The topological polar surface area (TPSA) is 26.0 Å². The zero-order chi connectivity index (χ0) is 12.3. The Morgan fingerprint density at radius 2 is 2.12 bits per heavy atom. The lowest BCUT2D eigenvalue weighted by molar-refractivity contribution is 0.303. The van der Waals surface area contributed by atoms with Crippen LogP contribution in [0, 0.1) is 11.7 Å². The van der Waals surface area contributed by atoms with Crippen molar-refractivity contribution in [2.45, 2.75) is 39.2 Å². The van der Waals surface area contributed by atoms with Gasteiger partial charge in [0.25, 0.3) is 0 Å². The summed E-state index contributed by atoms with van der Waals surface area (Å²) in [5.41, 5.74) is 6.40. The highest BCUT2D eigenvalue weighted by molar-refractivity contribution is 6.30. The Kier molecular flexibility index (Phi) is 4.34. The van der Waals surface area contributed by atoms with Gasteiger partial charge in [0.15, 0.2) is 0 Å². The maximum Gasteiger partial charge on any atom is 0.126 e. The minimum absolute atomic E-state index is 0.232. The smallest absolute Gasteiger partial charge is 0.126 e. The van der Waals surface area contributed by atoms with Gasteiger partial charge in [0.05, 0.1) is 0 Å². The molecule has 16 heavy (non-hydrogen) atoms. The van der Waals surface area contributed by atoms with Crippen molar-refractivity contribution in [3.8, 4) is 0 Å². The highest BCUT2D eigenvalue weighted by Gasteiger charge is 2.26. The fourth-order valence-electron chi connectivity index (χ4n) is 1.73. The average molecular weight is 244 g/mol. The number of rotatable bonds is 4. The monoisotopic (exact) mass is 243 g/mol. The highest BCUT2D eigenvalue weighted by Crippen LogP contribution is 2.25. The fourth-order valence-corrected chi connectivity index (χ4v) is 1.92. The van der Waals surface area contributed by atoms with Gasteiger partial charge in [-0.3, -0.25) is 0 Å². The quantitative estimate of drug-likeness (QED) is 0.856. The normalized spacial score (nSPS) is 16.9. The molecular formula is C13H19ClFN. The fraction of sp³-hybridized carbons (Fsp3) is 0.538. The van der Waals surface area contributed by atoms with E-state index in [4.69, 9.17) is 17.3 Å². The summed E-state index contributed by atoms with van der Waals surface area (Å²) in [6, 6.07) is 4.60. The van der Waals surface area contributed by atoms with E-state index in [-0.39, 0.29) is 5.82 Å². The van der Waals surface area contributed by atoms with Gasteiger partial charge in [-0.25, -0.2) is 4.39 Å². The molecule has 1 aromatic carbocycles. The molecule has 0 radical (unpaired) electrons. The zero-order valence-electron chi connectivity index (χ0n) is 10.1. The standard InChI is InChI=1S/C13H19ClFN/c1-4-9(2)13(3,16)8-10-7-11(14)5-6-12(10)15/h5-7,9H,4,8,16H2,1-3H3. The largest absolute Gasteiger partial charge is 0.325 e. The molecule has 90 valence electrons. The molecule has 1 nitrogen and oxygen atoms in total. The van der Waals surface area contributed by atoms with Gasteiger partial charge in [-0.05, 0) is 43.0 Å². The van der Waals surface area contributed by atoms with Gasteiger partial charge in [-0.2, -0.15) is 0 Å². The summed E-state index contributed by atoms with van der Waals surface area (Å²) in [7, 11) is 0. The predicted molar refractivity (Wildman–Crippen MR) is 67.2 cm³/mol. The van der Waals surface area contributed by atoms with E-state index in [0.29, 0.717) is 22.9 Å². The zero-order valence-corrected chi connectivity index (χ0v) is 10.8. The molecule has 3 heteroatoms. The van der Waals surface area contributed by atoms with Crippen LogP contribution in [0.4, 0.5) is 4.39 Å². The van der Waals surface area contributed by atoms with E-state index in [1.807, 2.05) is 6.92 Å². The van der Waals surface area contributed by atoms with Crippen LogP contribution >= 0.6 is 11.6 Å². The van der Waals surface area contributed by atoms with Crippen LogP contribution in [0.5, 0.6) is 0 Å². The molecule has 0 fully saturated rings. The van der Waals surface area contributed by atoms with E-state index in [1.165, 1.54) is 6.07 Å². The molecule has 0 aliphatic heterocycles. The molecule has 0 spiro atoms. The van der Waals surface area contributed by atoms with Crippen molar-refractivity contribution < 1.29 is 4.39 Å². The summed E-state index contributed by atoms with van der Waals surface area (Å²) in [5.74, 6) is 0.107. The minimum Gasteiger partial charge on any atom is -0.325 e. The molecule has 0 amide bonds. The second kappa shape index (κ2) is 5.15. The summed E-state index contributed by atoms with van der Waals surface area (Å²) < 4.78 is 13.6. The van der Waals surface area contributed by atoms with Crippen molar-refractivity contribution >= 4 is 11.6 Å². The molecule has 0 aliphatic carbocycles. The number of hydrogen-bond acceptors (Lipinski definition) is 1. The molecule has 0 aliphatic rings. The third-order valence-corrected chi connectivity index (χ3v) is 3.55. The second-order valence-electron chi connectivity index (χ2n) is 4.73. The molecule has 0 aromatic heterocycles. The molecule has 1 rings (SSSR count).